The van der Waals surface area contributed by atoms with E-state index in [1.165, 1.54) is 0 Å². The first kappa shape index (κ1) is 16.1. The lowest BCUT2D eigenvalue weighted by atomic mass is 10.00. The lowest BCUT2D eigenvalue weighted by Crippen LogP contribution is -2.19. The Morgan fingerprint density at radius 2 is 1.86 bits per heavy atom. The van der Waals surface area contributed by atoms with Gasteiger partial charge in [-0.25, -0.2) is 0 Å². The first-order valence-electron chi connectivity index (χ1n) is 6.91. The van der Waals surface area contributed by atoms with E-state index in [4.69, 9.17) is 0 Å². The summed E-state index contributed by atoms with van der Waals surface area (Å²) in [6.45, 7) is 2.33. The van der Waals surface area contributed by atoms with Crippen LogP contribution in [0.1, 0.15) is 18.5 Å². The average molecular weight is 303 g/mol. The Hall–Kier alpha value is -2.25. The summed E-state index contributed by atoms with van der Waals surface area (Å²) < 4.78 is 35.7. The van der Waals surface area contributed by atoms with Gasteiger partial charge in [0.2, 0.25) is 0 Å². The van der Waals surface area contributed by atoms with E-state index >= 15 is 0 Å². The fourth-order valence-electron chi connectivity index (χ4n) is 2.19. The molecule has 4 heteroatoms. The van der Waals surface area contributed by atoms with E-state index in [9.17, 15) is 13.2 Å². The molecule has 0 radical (unpaired) electrons. The molecule has 0 aliphatic heterocycles. The van der Waals surface area contributed by atoms with Gasteiger partial charge in [0.25, 0.3) is 0 Å². The van der Waals surface area contributed by atoms with Crippen LogP contribution in [0, 0.1) is 11.8 Å². The summed E-state index contributed by atoms with van der Waals surface area (Å²) in [5.41, 5.74) is 1.14. The maximum atomic E-state index is 11.9. The Morgan fingerprint density at radius 3 is 2.64 bits per heavy atom. The van der Waals surface area contributed by atoms with Crippen molar-refractivity contribution in [2.75, 3.05) is 6.54 Å². The Kier molecular flexibility index (Phi) is 5.24. The molecule has 0 aromatic heterocycles. The number of allylic oxidation sites excluding steroid dienone is 2. The summed E-state index contributed by atoms with van der Waals surface area (Å²) in [5, 5.41) is 5.52. The fraction of sp³-hybridized carbons (Fsp3) is 0.222. The minimum atomic E-state index is -4.31. The van der Waals surface area contributed by atoms with Crippen LogP contribution in [0.4, 0.5) is 13.2 Å². The summed E-state index contributed by atoms with van der Waals surface area (Å²) in [7, 11) is 0. The Labute approximate surface area is 127 Å². The molecule has 2 aromatic rings. The lowest BCUT2D eigenvalue weighted by molar-refractivity contribution is -0.0797. The van der Waals surface area contributed by atoms with Crippen molar-refractivity contribution in [3.63, 3.8) is 0 Å². The minimum Gasteiger partial charge on any atom is -0.300 e. The summed E-state index contributed by atoms with van der Waals surface area (Å²) in [5.74, 6) is 5.03. The third-order valence-electron chi connectivity index (χ3n) is 3.24. The van der Waals surface area contributed by atoms with E-state index in [0.717, 1.165) is 22.4 Å². The molecular formula is C18H16F3N. The molecule has 1 atom stereocenters. The van der Waals surface area contributed by atoms with Crippen LogP contribution in [0.2, 0.25) is 0 Å². The molecule has 2 rings (SSSR count). The molecule has 114 valence electrons. The molecule has 0 amide bonds. The van der Waals surface area contributed by atoms with Crippen molar-refractivity contribution >= 4 is 10.8 Å². The van der Waals surface area contributed by atoms with Crippen LogP contribution in [0.25, 0.3) is 10.8 Å². The van der Waals surface area contributed by atoms with Gasteiger partial charge in [0.15, 0.2) is 0 Å². The molecule has 0 fully saturated rings. The predicted octanol–water partition coefficient (Wildman–Crippen LogP) is 4.61. The van der Waals surface area contributed by atoms with E-state index in [2.05, 4.69) is 23.2 Å². The first-order chi connectivity index (χ1) is 10.5. The third kappa shape index (κ3) is 4.64. The standard InChI is InChI=1S/C18H16F3N/c1-14(22-13-6-2-5-12-18(19,20)21)16-11-7-9-15-8-3-4-10-17(15)16/h3-5,7-12,14,22H,13H2,1H3/t14-/m1/s1. The maximum absolute atomic E-state index is 11.9. The Balaban J connectivity index is 1.99. The summed E-state index contributed by atoms with van der Waals surface area (Å²) in [6.07, 6.45) is -3.35. The van der Waals surface area contributed by atoms with Gasteiger partial charge >= 0.3 is 6.18 Å². The highest BCUT2D eigenvalue weighted by Crippen LogP contribution is 2.23. The van der Waals surface area contributed by atoms with Gasteiger partial charge in [-0.05, 0) is 29.3 Å². The van der Waals surface area contributed by atoms with Gasteiger partial charge in [-0.15, -0.1) is 0 Å². The van der Waals surface area contributed by atoms with Crippen LogP contribution in [0.5, 0.6) is 0 Å². The van der Waals surface area contributed by atoms with Gasteiger partial charge in [0.05, 0.1) is 6.54 Å². The number of hydrogen-bond acceptors (Lipinski definition) is 1. The van der Waals surface area contributed by atoms with Crippen LogP contribution in [0.15, 0.2) is 54.6 Å². The number of halogens is 3. The smallest absolute Gasteiger partial charge is 0.300 e. The monoisotopic (exact) mass is 303 g/mol. The van der Waals surface area contributed by atoms with Gasteiger partial charge < -0.3 is 0 Å². The van der Waals surface area contributed by atoms with Crippen molar-refractivity contribution in [3.8, 4) is 11.8 Å². The lowest BCUT2D eigenvalue weighted by Gasteiger charge is -2.14. The summed E-state index contributed by atoms with van der Waals surface area (Å²) in [6, 6.07) is 14.2. The van der Waals surface area contributed by atoms with Crippen molar-refractivity contribution in [1.29, 1.82) is 0 Å². The molecule has 0 saturated carbocycles. The number of hydrogen-bond donors (Lipinski definition) is 1. The molecule has 0 aliphatic rings. The average Bonchev–Trinajstić information content (AvgIpc) is 2.49. The fourth-order valence-corrected chi connectivity index (χ4v) is 2.19. The highest BCUT2D eigenvalue weighted by atomic mass is 19.4. The van der Waals surface area contributed by atoms with Crippen LogP contribution in [-0.4, -0.2) is 12.7 Å². The molecule has 1 N–H and O–H groups in total. The zero-order valence-corrected chi connectivity index (χ0v) is 12.1. The van der Waals surface area contributed by atoms with Gasteiger partial charge in [-0.1, -0.05) is 54.3 Å². The molecule has 22 heavy (non-hydrogen) atoms. The quantitative estimate of drug-likeness (QED) is 0.816. The number of nitrogens with one attached hydrogen (secondary N) is 1. The molecule has 0 heterocycles. The second-order valence-corrected chi connectivity index (χ2v) is 4.87. The SMILES string of the molecule is C[C@@H](NCC#CC=CC(F)(F)F)c1cccc2ccccc12. The van der Waals surface area contributed by atoms with E-state index in [-0.39, 0.29) is 12.1 Å². The molecule has 0 bridgehead atoms. The van der Waals surface area contributed by atoms with Gasteiger partial charge in [0, 0.05) is 12.1 Å². The number of benzene rings is 2. The van der Waals surface area contributed by atoms with Gasteiger partial charge in [0.1, 0.15) is 0 Å². The van der Waals surface area contributed by atoms with Crippen LogP contribution in [0.3, 0.4) is 0 Å². The topological polar surface area (TPSA) is 12.0 Å². The number of rotatable bonds is 3. The number of fused-ring (bicyclic) bond motifs is 1. The Bertz CT molecular complexity index is 715. The Morgan fingerprint density at radius 1 is 1.14 bits per heavy atom. The molecule has 0 spiro atoms. The maximum Gasteiger partial charge on any atom is 0.410 e. The second kappa shape index (κ2) is 7.15. The normalized spacial score (nSPS) is 13.1. The highest BCUT2D eigenvalue weighted by Gasteiger charge is 2.21. The van der Waals surface area contributed by atoms with E-state index in [0.29, 0.717) is 6.54 Å². The molecular weight excluding hydrogens is 287 g/mol. The number of alkyl halides is 3. The van der Waals surface area contributed by atoms with Gasteiger partial charge in [-0.3, -0.25) is 5.32 Å². The largest absolute Gasteiger partial charge is 0.410 e. The zero-order valence-electron chi connectivity index (χ0n) is 12.1. The second-order valence-electron chi connectivity index (χ2n) is 4.87. The van der Waals surface area contributed by atoms with Crippen molar-refractivity contribution in [1.82, 2.24) is 5.32 Å². The van der Waals surface area contributed by atoms with E-state index < -0.39 is 6.18 Å². The highest BCUT2D eigenvalue weighted by molar-refractivity contribution is 5.86. The first-order valence-corrected chi connectivity index (χ1v) is 6.91. The third-order valence-corrected chi connectivity index (χ3v) is 3.24. The van der Waals surface area contributed by atoms with Crippen LogP contribution in [-0.2, 0) is 0 Å². The van der Waals surface area contributed by atoms with Crippen molar-refractivity contribution in [2.24, 2.45) is 0 Å². The predicted molar refractivity (Wildman–Crippen MR) is 83.3 cm³/mol. The van der Waals surface area contributed by atoms with E-state index in [1.807, 2.05) is 43.3 Å². The minimum absolute atomic E-state index is 0.0620. The zero-order chi connectivity index (χ0) is 16.0. The summed E-state index contributed by atoms with van der Waals surface area (Å²) >= 11 is 0. The van der Waals surface area contributed by atoms with Crippen LogP contribution < -0.4 is 5.32 Å². The molecule has 0 unspecified atom stereocenters. The summed E-state index contributed by atoms with van der Waals surface area (Å²) in [4.78, 5) is 0. The van der Waals surface area contributed by atoms with Crippen molar-refractivity contribution in [2.45, 2.75) is 19.1 Å². The molecule has 0 saturated heterocycles. The molecule has 0 aliphatic carbocycles. The molecule has 2 aromatic carbocycles. The van der Waals surface area contributed by atoms with Crippen LogP contribution >= 0.6 is 0 Å². The van der Waals surface area contributed by atoms with Gasteiger partial charge in [-0.2, -0.15) is 13.2 Å². The van der Waals surface area contributed by atoms with E-state index in [1.54, 1.807) is 0 Å². The van der Waals surface area contributed by atoms with Crippen molar-refractivity contribution in [3.05, 3.63) is 60.2 Å². The van der Waals surface area contributed by atoms with Crippen molar-refractivity contribution < 1.29 is 13.2 Å². The molecule has 1 nitrogen and oxygen atoms in total.